The summed E-state index contributed by atoms with van der Waals surface area (Å²) in [5, 5.41) is 3.39. The molecule has 0 aliphatic carbocycles. The van der Waals surface area contributed by atoms with E-state index in [4.69, 9.17) is 9.97 Å². The van der Waals surface area contributed by atoms with Crippen LogP contribution in [-0.2, 0) is 0 Å². The first-order valence-electron chi connectivity index (χ1n) is 7.54. The minimum absolute atomic E-state index is 0.765. The van der Waals surface area contributed by atoms with Gasteiger partial charge in [-0.15, -0.1) is 0 Å². The molecule has 0 saturated carbocycles. The van der Waals surface area contributed by atoms with Crippen LogP contribution in [0, 0.1) is 0 Å². The van der Waals surface area contributed by atoms with E-state index in [-0.39, 0.29) is 0 Å². The van der Waals surface area contributed by atoms with Gasteiger partial charge in [-0.05, 0) is 24.3 Å². The molecule has 0 saturated heterocycles. The lowest BCUT2D eigenvalue weighted by Crippen LogP contribution is -1.99. The second kappa shape index (κ2) is 5.89. The second-order valence-corrected chi connectivity index (χ2v) is 5.27. The fourth-order valence-corrected chi connectivity index (χ4v) is 2.54. The molecular formula is C20H15N3. The fraction of sp³-hybridized carbons (Fsp3) is 0. The molecular weight excluding hydrogens is 282 g/mol. The number of nitrogens with zero attached hydrogens (tertiary/aromatic N) is 2. The molecule has 110 valence electrons. The third-order valence-electron chi connectivity index (χ3n) is 3.65. The quantitative estimate of drug-likeness (QED) is 0.575. The summed E-state index contributed by atoms with van der Waals surface area (Å²) in [5.41, 5.74) is 4.67. The van der Waals surface area contributed by atoms with E-state index in [0.717, 1.165) is 33.8 Å². The number of nitrogens with one attached hydrogen (secondary N) is 1. The van der Waals surface area contributed by atoms with Gasteiger partial charge in [0.05, 0.1) is 11.0 Å². The number of rotatable bonds is 3. The molecule has 0 aliphatic rings. The molecule has 3 nitrogen and oxygen atoms in total. The summed E-state index contributed by atoms with van der Waals surface area (Å²) in [4.78, 5) is 9.59. The highest BCUT2D eigenvalue weighted by molar-refractivity contribution is 5.84. The zero-order valence-corrected chi connectivity index (χ0v) is 12.5. The van der Waals surface area contributed by atoms with E-state index in [1.165, 1.54) is 0 Å². The number of anilines is 2. The van der Waals surface area contributed by atoms with Crippen molar-refractivity contribution in [1.29, 1.82) is 0 Å². The van der Waals surface area contributed by atoms with Gasteiger partial charge in [-0.3, -0.25) is 0 Å². The minimum atomic E-state index is 0.765. The summed E-state index contributed by atoms with van der Waals surface area (Å²) in [6, 6.07) is 28.1. The van der Waals surface area contributed by atoms with Crippen molar-refractivity contribution in [3.8, 4) is 11.3 Å². The number of hydrogen-bond acceptors (Lipinski definition) is 3. The first-order valence-corrected chi connectivity index (χ1v) is 7.54. The van der Waals surface area contributed by atoms with E-state index < -0.39 is 0 Å². The van der Waals surface area contributed by atoms with Crippen molar-refractivity contribution in [2.24, 2.45) is 0 Å². The van der Waals surface area contributed by atoms with Crippen LogP contribution in [0.3, 0.4) is 0 Å². The Labute approximate surface area is 134 Å². The largest absolute Gasteiger partial charge is 0.338 e. The van der Waals surface area contributed by atoms with Crippen LogP contribution in [0.5, 0.6) is 0 Å². The smallest absolute Gasteiger partial charge is 0.157 e. The van der Waals surface area contributed by atoms with Gasteiger partial charge in [0, 0.05) is 11.3 Å². The molecule has 4 rings (SSSR count). The molecule has 0 fully saturated rings. The summed E-state index contributed by atoms with van der Waals surface area (Å²) in [6.45, 7) is 0. The predicted octanol–water partition coefficient (Wildman–Crippen LogP) is 5.04. The third kappa shape index (κ3) is 2.77. The zero-order chi connectivity index (χ0) is 15.5. The molecule has 4 aromatic rings. The Morgan fingerprint density at radius 2 is 1.13 bits per heavy atom. The van der Waals surface area contributed by atoms with Crippen molar-refractivity contribution >= 4 is 22.5 Å². The maximum Gasteiger partial charge on any atom is 0.157 e. The normalized spacial score (nSPS) is 10.6. The molecule has 1 N–H and O–H groups in total. The minimum Gasteiger partial charge on any atom is -0.338 e. The van der Waals surface area contributed by atoms with Crippen molar-refractivity contribution in [2.75, 3.05) is 5.32 Å². The zero-order valence-electron chi connectivity index (χ0n) is 12.5. The summed E-state index contributed by atoms with van der Waals surface area (Å²) in [6.07, 6.45) is 0. The van der Waals surface area contributed by atoms with Crippen LogP contribution < -0.4 is 5.32 Å². The van der Waals surface area contributed by atoms with E-state index in [1.54, 1.807) is 0 Å². The number of para-hydroxylation sites is 3. The molecule has 23 heavy (non-hydrogen) atoms. The molecule has 0 radical (unpaired) electrons. The van der Waals surface area contributed by atoms with E-state index in [1.807, 2.05) is 72.8 Å². The summed E-state index contributed by atoms with van der Waals surface area (Å²) in [5.74, 6) is 0.765. The average molecular weight is 297 g/mol. The molecule has 0 spiro atoms. The topological polar surface area (TPSA) is 37.8 Å². The van der Waals surface area contributed by atoms with Gasteiger partial charge >= 0.3 is 0 Å². The summed E-state index contributed by atoms with van der Waals surface area (Å²) < 4.78 is 0. The first-order chi connectivity index (χ1) is 11.4. The van der Waals surface area contributed by atoms with Crippen LogP contribution in [-0.4, -0.2) is 9.97 Å². The summed E-state index contributed by atoms with van der Waals surface area (Å²) >= 11 is 0. The molecule has 3 heteroatoms. The number of hydrogen-bond donors (Lipinski definition) is 1. The average Bonchev–Trinajstić information content (AvgIpc) is 2.63. The Balaban J connectivity index is 1.89. The lowest BCUT2D eigenvalue weighted by molar-refractivity contribution is 1.28. The lowest BCUT2D eigenvalue weighted by Gasteiger charge is -2.12. The molecule has 0 amide bonds. The number of fused-ring (bicyclic) bond motifs is 1. The molecule has 0 unspecified atom stereocenters. The Morgan fingerprint density at radius 3 is 1.83 bits per heavy atom. The maximum absolute atomic E-state index is 4.82. The van der Waals surface area contributed by atoms with Crippen molar-refractivity contribution < 1.29 is 0 Å². The third-order valence-corrected chi connectivity index (χ3v) is 3.65. The summed E-state index contributed by atoms with van der Waals surface area (Å²) in [7, 11) is 0. The standard InChI is InChI=1S/C20H15N3/c1-3-9-15(10-4-1)19-20(21-16-11-5-2-6-12-16)23-18-14-8-7-13-17(18)22-19/h1-14H,(H,21,23). The van der Waals surface area contributed by atoms with Crippen LogP contribution in [0.4, 0.5) is 11.5 Å². The molecule has 1 heterocycles. The van der Waals surface area contributed by atoms with Crippen LogP contribution in [0.25, 0.3) is 22.3 Å². The molecule has 3 aromatic carbocycles. The van der Waals surface area contributed by atoms with Gasteiger partial charge < -0.3 is 5.32 Å². The van der Waals surface area contributed by atoms with Crippen LogP contribution in [0.2, 0.25) is 0 Å². The first kappa shape index (κ1) is 13.5. The number of aromatic nitrogens is 2. The van der Waals surface area contributed by atoms with E-state index in [0.29, 0.717) is 0 Å². The lowest BCUT2D eigenvalue weighted by atomic mass is 10.1. The van der Waals surface area contributed by atoms with Crippen molar-refractivity contribution in [2.45, 2.75) is 0 Å². The predicted molar refractivity (Wildman–Crippen MR) is 94.7 cm³/mol. The highest BCUT2D eigenvalue weighted by atomic mass is 15.0. The monoisotopic (exact) mass is 297 g/mol. The van der Waals surface area contributed by atoms with E-state index in [9.17, 15) is 0 Å². The van der Waals surface area contributed by atoms with Crippen LogP contribution in [0.15, 0.2) is 84.9 Å². The van der Waals surface area contributed by atoms with Crippen molar-refractivity contribution in [1.82, 2.24) is 9.97 Å². The van der Waals surface area contributed by atoms with Gasteiger partial charge in [0.1, 0.15) is 5.69 Å². The fourth-order valence-electron chi connectivity index (χ4n) is 2.54. The number of benzene rings is 3. The highest BCUT2D eigenvalue weighted by Gasteiger charge is 2.11. The van der Waals surface area contributed by atoms with Crippen molar-refractivity contribution in [3.63, 3.8) is 0 Å². The van der Waals surface area contributed by atoms with Gasteiger partial charge in [-0.25, -0.2) is 9.97 Å². The highest BCUT2D eigenvalue weighted by Crippen LogP contribution is 2.28. The Kier molecular flexibility index (Phi) is 3.45. The Bertz CT molecular complexity index is 935. The van der Waals surface area contributed by atoms with E-state index >= 15 is 0 Å². The van der Waals surface area contributed by atoms with E-state index in [2.05, 4.69) is 17.4 Å². The maximum atomic E-state index is 4.82. The second-order valence-electron chi connectivity index (χ2n) is 5.27. The molecule has 0 aliphatic heterocycles. The van der Waals surface area contributed by atoms with Crippen LogP contribution in [0.1, 0.15) is 0 Å². The Morgan fingerprint density at radius 1 is 0.565 bits per heavy atom. The van der Waals surface area contributed by atoms with Gasteiger partial charge in [-0.2, -0.15) is 0 Å². The molecule has 0 bridgehead atoms. The van der Waals surface area contributed by atoms with Crippen molar-refractivity contribution in [3.05, 3.63) is 84.9 Å². The molecule has 1 aromatic heterocycles. The van der Waals surface area contributed by atoms with Gasteiger partial charge in [0.2, 0.25) is 0 Å². The van der Waals surface area contributed by atoms with Gasteiger partial charge in [-0.1, -0.05) is 60.7 Å². The van der Waals surface area contributed by atoms with Gasteiger partial charge in [0.25, 0.3) is 0 Å². The Hall–Kier alpha value is -3.20. The van der Waals surface area contributed by atoms with Crippen LogP contribution >= 0.6 is 0 Å². The van der Waals surface area contributed by atoms with Gasteiger partial charge in [0.15, 0.2) is 5.82 Å². The molecule has 0 atom stereocenters. The SMILES string of the molecule is c1ccc(Nc2nc3ccccc3nc2-c2ccccc2)cc1.